The summed E-state index contributed by atoms with van der Waals surface area (Å²) >= 11 is 0. The van der Waals surface area contributed by atoms with Crippen LogP contribution < -0.4 is 5.32 Å². The maximum absolute atomic E-state index is 11.9. The number of hydrogen-bond donors (Lipinski definition) is 3. The number of aliphatic hydroxyl groups excluding tert-OH is 1. The summed E-state index contributed by atoms with van der Waals surface area (Å²) in [6.07, 6.45) is -0.432. The molecule has 0 aliphatic carbocycles. The molecule has 1 heterocycles. The molecule has 0 saturated carbocycles. The Hall–Kier alpha value is -1.34. The van der Waals surface area contributed by atoms with Crippen molar-refractivity contribution >= 4 is 12.0 Å². The Balaban J connectivity index is 2.30. The van der Waals surface area contributed by atoms with Crippen molar-refractivity contribution in [2.75, 3.05) is 32.7 Å². The van der Waals surface area contributed by atoms with E-state index in [1.165, 1.54) is 0 Å². The minimum absolute atomic E-state index is 0.0222. The van der Waals surface area contributed by atoms with Gasteiger partial charge in [0.05, 0.1) is 0 Å². The van der Waals surface area contributed by atoms with E-state index in [-0.39, 0.29) is 19.0 Å². The van der Waals surface area contributed by atoms with Gasteiger partial charge in [-0.2, -0.15) is 0 Å². The number of amides is 2. The van der Waals surface area contributed by atoms with Crippen LogP contribution in [0.15, 0.2) is 0 Å². The molecule has 1 aliphatic heterocycles. The lowest BCUT2D eigenvalue weighted by Crippen LogP contribution is -2.43. The van der Waals surface area contributed by atoms with Gasteiger partial charge in [0.2, 0.25) is 0 Å². The van der Waals surface area contributed by atoms with Crippen molar-refractivity contribution in [2.45, 2.75) is 38.8 Å². The summed E-state index contributed by atoms with van der Waals surface area (Å²) < 4.78 is 0. The molecule has 1 rings (SSSR count). The Morgan fingerprint density at radius 1 is 1.40 bits per heavy atom. The second-order valence-electron chi connectivity index (χ2n) is 4.98. The van der Waals surface area contributed by atoms with Crippen LogP contribution in [0.5, 0.6) is 0 Å². The molecule has 2 atom stereocenters. The van der Waals surface area contributed by atoms with Gasteiger partial charge >= 0.3 is 12.0 Å². The normalized spacial score (nSPS) is 20.2. The van der Waals surface area contributed by atoms with Gasteiger partial charge in [0.15, 0.2) is 6.10 Å². The van der Waals surface area contributed by atoms with E-state index >= 15 is 0 Å². The monoisotopic (exact) mass is 287 g/mol. The lowest BCUT2D eigenvalue weighted by atomic mass is 10.2. The van der Waals surface area contributed by atoms with Crippen LogP contribution in [0.3, 0.4) is 0 Å². The Kier molecular flexibility index (Phi) is 6.74. The number of urea groups is 1. The smallest absolute Gasteiger partial charge is 0.332 e. The van der Waals surface area contributed by atoms with E-state index in [0.717, 1.165) is 19.5 Å². The fraction of sp³-hybridized carbons (Fsp3) is 0.846. The second kappa shape index (κ2) is 8.06. The zero-order valence-electron chi connectivity index (χ0n) is 12.2. The molecule has 2 amide bonds. The summed E-state index contributed by atoms with van der Waals surface area (Å²) in [5.74, 6) is -1.26. The van der Waals surface area contributed by atoms with Gasteiger partial charge in [0.1, 0.15) is 0 Å². The van der Waals surface area contributed by atoms with E-state index in [2.05, 4.69) is 24.1 Å². The highest BCUT2D eigenvalue weighted by Gasteiger charge is 2.29. The van der Waals surface area contributed by atoms with Crippen molar-refractivity contribution in [2.24, 2.45) is 0 Å². The molecule has 20 heavy (non-hydrogen) atoms. The van der Waals surface area contributed by atoms with Gasteiger partial charge in [-0.1, -0.05) is 13.8 Å². The highest BCUT2D eigenvalue weighted by atomic mass is 16.4. The Bertz CT molecular complexity index is 334. The molecule has 7 nitrogen and oxygen atoms in total. The number of nitrogens with zero attached hydrogens (tertiary/aromatic N) is 2. The molecule has 1 aliphatic rings. The summed E-state index contributed by atoms with van der Waals surface area (Å²) in [4.78, 5) is 26.4. The summed E-state index contributed by atoms with van der Waals surface area (Å²) in [6, 6.07) is 0.220. The number of rotatable bonds is 7. The van der Waals surface area contributed by atoms with Crippen LogP contribution in [0, 0.1) is 0 Å². The average Bonchev–Trinajstić information content (AvgIpc) is 2.89. The number of aliphatic hydroxyl groups is 1. The standard InChI is InChI=1S/C13H25N3O4/c1-3-15(4-2)10-6-8-16(9-10)13(20)14-7-5-11(17)12(18)19/h10-11,17H,3-9H2,1-2H3,(H,14,20)(H,18,19). The van der Waals surface area contributed by atoms with Crippen molar-refractivity contribution in [1.82, 2.24) is 15.1 Å². The largest absolute Gasteiger partial charge is 0.479 e. The zero-order chi connectivity index (χ0) is 15.1. The lowest BCUT2D eigenvalue weighted by Gasteiger charge is -2.26. The zero-order valence-corrected chi connectivity index (χ0v) is 12.2. The number of hydrogen-bond acceptors (Lipinski definition) is 4. The first-order chi connectivity index (χ1) is 9.49. The van der Waals surface area contributed by atoms with Crippen LogP contribution in [0.25, 0.3) is 0 Å². The average molecular weight is 287 g/mol. The molecule has 116 valence electrons. The molecule has 0 spiro atoms. The SMILES string of the molecule is CCN(CC)C1CCN(C(=O)NCCC(O)C(=O)O)C1. The molecule has 1 fully saturated rings. The lowest BCUT2D eigenvalue weighted by molar-refractivity contribution is -0.146. The van der Waals surface area contributed by atoms with Gasteiger partial charge in [-0.25, -0.2) is 9.59 Å². The number of carbonyl (C=O) groups is 2. The van der Waals surface area contributed by atoms with Crippen molar-refractivity contribution in [1.29, 1.82) is 0 Å². The van der Waals surface area contributed by atoms with Gasteiger partial charge < -0.3 is 20.4 Å². The molecule has 0 aromatic rings. The topological polar surface area (TPSA) is 93.1 Å². The van der Waals surface area contributed by atoms with Crippen LogP contribution in [0.2, 0.25) is 0 Å². The number of likely N-dealkylation sites (N-methyl/N-ethyl adjacent to an activating group) is 1. The van der Waals surface area contributed by atoms with Gasteiger partial charge in [-0.05, 0) is 19.5 Å². The van der Waals surface area contributed by atoms with Crippen LogP contribution in [-0.2, 0) is 4.79 Å². The molecular weight excluding hydrogens is 262 g/mol. The Morgan fingerprint density at radius 2 is 2.05 bits per heavy atom. The number of carboxylic acids is 1. The van der Waals surface area contributed by atoms with Crippen LogP contribution in [0.1, 0.15) is 26.7 Å². The molecule has 0 aromatic carbocycles. The number of aliphatic carboxylic acids is 1. The van der Waals surface area contributed by atoms with Gasteiger partial charge in [-0.15, -0.1) is 0 Å². The van der Waals surface area contributed by atoms with Gasteiger partial charge in [-0.3, -0.25) is 4.90 Å². The van der Waals surface area contributed by atoms with E-state index in [0.29, 0.717) is 19.1 Å². The first-order valence-corrected chi connectivity index (χ1v) is 7.17. The first-order valence-electron chi connectivity index (χ1n) is 7.17. The Labute approximate surface area is 119 Å². The Morgan fingerprint density at radius 3 is 2.60 bits per heavy atom. The maximum atomic E-state index is 11.9. The molecule has 3 N–H and O–H groups in total. The summed E-state index contributed by atoms with van der Waals surface area (Å²) in [5.41, 5.74) is 0. The van der Waals surface area contributed by atoms with E-state index in [4.69, 9.17) is 10.2 Å². The third-order valence-corrected chi connectivity index (χ3v) is 3.76. The summed E-state index contributed by atoms with van der Waals surface area (Å²) in [6.45, 7) is 7.75. The van der Waals surface area contributed by atoms with Crippen molar-refractivity contribution in [3.63, 3.8) is 0 Å². The van der Waals surface area contributed by atoms with Gasteiger partial charge in [0, 0.05) is 32.1 Å². The molecule has 0 aromatic heterocycles. The van der Waals surface area contributed by atoms with E-state index in [1.54, 1.807) is 4.90 Å². The predicted octanol–water partition coefficient (Wildman–Crippen LogP) is -0.0523. The number of carboxylic acid groups (broad SMARTS) is 1. The first kappa shape index (κ1) is 16.7. The van der Waals surface area contributed by atoms with Crippen molar-refractivity contribution in [3.05, 3.63) is 0 Å². The fourth-order valence-electron chi connectivity index (χ4n) is 2.52. The summed E-state index contributed by atoms with van der Waals surface area (Å²) in [5, 5.41) is 20.3. The maximum Gasteiger partial charge on any atom is 0.332 e. The third kappa shape index (κ3) is 4.64. The van der Waals surface area contributed by atoms with Crippen molar-refractivity contribution < 1.29 is 19.8 Å². The predicted molar refractivity (Wildman–Crippen MR) is 74.6 cm³/mol. The molecule has 7 heteroatoms. The number of nitrogens with one attached hydrogen (secondary N) is 1. The fourth-order valence-corrected chi connectivity index (χ4v) is 2.52. The molecule has 0 radical (unpaired) electrons. The molecular formula is C13H25N3O4. The minimum Gasteiger partial charge on any atom is -0.479 e. The minimum atomic E-state index is -1.42. The van der Waals surface area contributed by atoms with E-state index < -0.39 is 12.1 Å². The van der Waals surface area contributed by atoms with Crippen LogP contribution in [0.4, 0.5) is 4.79 Å². The highest BCUT2D eigenvalue weighted by molar-refractivity contribution is 5.75. The highest BCUT2D eigenvalue weighted by Crippen LogP contribution is 2.15. The van der Waals surface area contributed by atoms with Crippen molar-refractivity contribution in [3.8, 4) is 0 Å². The van der Waals surface area contributed by atoms with Crippen LogP contribution >= 0.6 is 0 Å². The molecule has 2 unspecified atom stereocenters. The molecule has 1 saturated heterocycles. The summed E-state index contributed by atoms with van der Waals surface area (Å²) in [7, 11) is 0. The number of carbonyl (C=O) groups excluding carboxylic acids is 1. The van der Waals surface area contributed by atoms with E-state index in [1.807, 2.05) is 0 Å². The van der Waals surface area contributed by atoms with E-state index in [9.17, 15) is 9.59 Å². The second-order valence-corrected chi connectivity index (χ2v) is 4.98. The number of likely N-dealkylation sites (tertiary alicyclic amines) is 1. The molecule has 0 bridgehead atoms. The van der Waals surface area contributed by atoms with Crippen LogP contribution in [-0.4, -0.2) is 76.9 Å². The third-order valence-electron chi connectivity index (χ3n) is 3.76. The quantitative estimate of drug-likeness (QED) is 0.610. The van der Waals surface area contributed by atoms with Gasteiger partial charge in [0.25, 0.3) is 0 Å².